The molecule has 1 amide bonds. The molecule has 4 rings (SSSR count). The van der Waals surface area contributed by atoms with Gasteiger partial charge in [-0.2, -0.15) is 4.31 Å². The van der Waals surface area contributed by atoms with E-state index in [1.807, 2.05) is 24.3 Å². The van der Waals surface area contributed by atoms with Gasteiger partial charge in [-0.05, 0) is 53.8 Å². The van der Waals surface area contributed by atoms with Crippen molar-refractivity contribution >= 4 is 45.1 Å². The predicted octanol–water partition coefficient (Wildman–Crippen LogP) is 4.02. The number of rotatable bonds is 8. The second-order valence-corrected chi connectivity index (χ2v) is 11.2. The summed E-state index contributed by atoms with van der Waals surface area (Å²) in [5.41, 5.74) is 2.56. The standard InChI is InChI=1S/C25H23Cl2N3O5S/c26-19-12-20(27)14-21(13-19)36(34,35)30-10-2-4-23(30)24(31)29-22(25(32)33)11-16-5-7-17(8-6-16)18-3-1-9-28-15-18/h1,3,5-9,12-15,22-23H,2,4,10-11H2,(H,29,31)(H,32,33)/t22-,23-/m0/s1. The highest BCUT2D eigenvalue weighted by molar-refractivity contribution is 7.89. The quantitative estimate of drug-likeness (QED) is 0.439. The number of carboxylic acids is 1. The van der Waals surface area contributed by atoms with E-state index in [0.29, 0.717) is 12.0 Å². The molecule has 8 nitrogen and oxygen atoms in total. The number of carbonyl (C=O) groups excluding carboxylic acids is 1. The highest BCUT2D eigenvalue weighted by Gasteiger charge is 2.40. The molecule has 1 aromatic heterocycles. The van der Waals surface area contributed by atoms with Crippen LogP contribution in [-0.4, -0.2) is 53.3 Å². The average Bonchev–Trinajstić information content (AvgIpc) is 3.35. The van der Waals surface area contributed by atoms with Crippen molar-refractivity contribution in [3.05, 3.63) is 82.6 Å². The number of sulfonamides is 1. The van der Waals surface area contributed by atoms with Crippen molar-refractivity contribution in [2.75, 3.05) is 6.54 Å². The summed E-state index contributed by atoms with van der Waals surface area (Å²) >= 11 is 11.9. The second-order valence-electron chi connectivity index (χ2n) is 8.42. The maximum Gasteiger partial charge on any atom is 0.326 e. The van der Waals surface area contributed by atoms with E-state index in [4.69, 9.17) is 23.2 Å². The largest absolute Gasteiger partial charge is 0.480 e. The van der Waals surface area contributed by atoms with Crippen LogP contribution in [0.1, 0.15) is 18.4 Å². The monoisotopic (exact) mass is 547 g/mol. The van der Waals surface area contributed by atoms with Gasteiger partial charge in [-0.25, -0.2) is 13.2 Å². The number of aliphatic carboxylic acids is 1. The van der Waals surface area contributed by atoms with Crippen molar-refractivity contribution in [1.82, 2.24) is 14.6 Å². The van der Waals surface area contributed by atoms with E-state index in [2.05, 4.69) is 10.3 Å². The molecule has 0 spiro atoms. The van der Waals surface area contributed by atoms with Gasteiger partial charge >= 0.3 is 5.97 Å². The number of amides is 1. The molecule has 36 heavy (non-hydrogen) atoms. The highest BCUT2D eigenvalue weighted by Crippen LogP contribution is 2.30. The number of halogens is 2. The summed E-state index contributed by atoms with van der Waals surface area (Å²) in [7, 11) is -4.07. The van der Waals surface area contributed by atoms with Crippen molar-refractivity contribution in [2.45, 2.75) is 36.2 Å². The third kappa shape index (κ3) is 5.87. The fraction of sp³-hybridized carbons (Fsp3) is 0.240. The molecule has 3 aromatic rings. The number of nitrogens with zero attached hydrogens (tertiary/aromatic N) is 2. The van der Waals surface area contributed by atoms with Crippen LogP contribution in [-0.2, 0) is 26.0 Å². The van der Waals surface area contributed by atoms with Crippen molar-refractivity contribution in [2.24, 2.45) is 0 Å². The lowest BCUT2D eigenvalue weighted by atomic mass is 10.0. The van der Waals surface area contributed by atoms with Gasteiger partial charge in [-0.1, -0.05) is 53.5 Å². The van der Waals surface area contributed by atoms with E-state index >= 15 is 0 Å². The van der Waals surface area contributed by atoms with Crippen LogP contribution in [0.25, 0.3) is 11.1 Å². The van der Waals surface area contributed by atoms with E-state index in [1.165, 1.54) is 18.2 Å². The van der Waals surface area contributed by atoms with Gasteiger partial charge in [0.25, 0.3) is 0 Å². The molecule has 0 aliphatic carbocycles. The first kappa shape index (κ1) is 26.1. The smallest absolute Gasteiger partial charge is 0.326 e. The van der Waals surface area contributed by atoms with Crippen LogP contribution in [0.2, 0.25) is 10.0 Å². The number of hydrogen-bond donors (Lipinski definition) is 2. The summed E-state index contributed by atoms with van der Waals surface area (Å²) in [6.07, 6.45) is 4.18. The van der Waals surface area contributed by atoms with Gasteiger partial charge in [-0.15, -0.1) is 0 Å². The normalized spacial score (nSPS) is 17.0. The second kappa shape index (κ2) is 11.0. The predicted molar refractivity (Wildman–Crippen MR) is 136 cm³/mol. The average molecular weight is 548 g/mol. The van der Waals surface area contributed by atoms with Gasteiger partial charge in [0.1, 0.15) is 12.1 Å². The summed E-state index contributed by atoms with van der Waals surface area (Å²) < 4.78 is 27.5. The molecule has 0 unspecified atom stereocenters. The number of hydrogen-bond acceptors (Lipinski definition) is 5. The van der Waals surface area contributed by atoms with Gasteiger partial charge in [0.2, 0.25) is 15.9 Å². The minimum atomic E-state index is -4.07. The molecule has 2 heterocycles. The fourth-order valence-electron chi connectivity index (χ4n) is 4.17. The zero-order valence-corrected chi connectivity index (χ0v) is 21.3. The number of nitrogens with one attached hydrogen (secondary N) is 1. The lowest BCUT2D eigenvalue weighted by molar-refractivity contribution is -0.142. The minimum Gasteiger partial charge on any atom is -0.480 e. The topological polar surface area (TPSA) is 117 Å². The van der Waals surface area contributed by atoms with E-state index < -0.39 is 34.0 Å². The van der Waals surface area contributed by atoms with Crippen molar-refractivity contribution in [3.63, 3.8) is 0 Å². The highest BCUT2D eigenvalue weighted by atomic mass is 35.5. The molecular formula is C25H23Cl2N3O5S. The maximum absolute atomic E-state index is 13.2. The number of carbonyl (C=O) groups is 2. The van der Waals surface area contributed by atoms with Crippen LogP contribution in [0.15, 0.2) is 71.9 Å². The van der Waals surface area contributed by atoms with E-state index in [1.54, 1.807) is 24.5 Å². The van der Waals surface area contributed by atoms with Crippen LogP contribution < -0.4 is 5.32 Å². The molecule has 2 atom stereocenters. The number of carboxylic acid groups (broad SMARTS) is 1. The van der Waals surface area contributed by atoms with Crippen LogP contribution in [0.4, 0.5) is 0 Å². The maximum atomic E-state index is 13.2. The molecule has 0 saturated carbocycles. The Morgan fingerprint density at radius 3 is 2.39 bits per heavy atom. The Morgan fingerprint density at radius 2 is 1.78 bits per heavy atom. The summed E-state index contributed by atoms with van der Waals surface area (Å²) in [4.78, 5) is 29.0. The zero-order chi connectivity index (χ0) is 25.9. The first-order chi connectivity index (χ1) is 17.1. The number of benzene rings is 2. The van der Waals surface area contributed by atoms with Gasteiger partial charge in [0, 0.05) is 35.4 Å². The molecular weight excluding hydrogens is 525 g/mol. The van der Waals surface area contributed by atoms with Crippen molar-refractivity contribution in [1.29, 1.82) is 0 Å². The molecule has 0 bridgehead atoms. The lowest BCUT2D eigenvalue weighted by Crippen LogP contribution is -2.51. The third-order valence-electron chi connectivity index (χ3n) is 5.95. The molecule has 188 valence electrons. The van der Waals surface area contributed by atoms with Crippen LogP contribution >= 0.6 is 23.2 Å². The van der Waals surface area contributed by atoms with Gasteiger partial charge < -0.3 is 10.4 Å². The summed E-state index contributed by atoms with van der Waals surface area (Å²) in [6, 6.07) is 12.7. The van der Waals surface area contributed by atoms with Gasteiger partial charge in [0.15, 0.2) is 0 Å². The fourth-order valence-corrected chi connectivity index (χ4v) is 6.56. The molecule has 0 radical (unpaired) electrons. The van der Waals surface area contributed by atoms with Gasteiger partial charge in [0.05, 0.1) is 4.90 Å². The summed E-state index contributed by atoms with van der Waals surface area (Å²) in [6.45, 7) is 0.123. The summed E-state index contributed by atoms with van der Waals surface area (Å²) in [5.74, 6) is -1.88. The SMILES string of the molecule is O=C(O)[C@H](Cc1ccc(-c2cccnc2)cc1)NC(=O)[C@@H]1CCCN1S(=O)(=O)c1cc(Cl)cc(Cl)c1. The Hall–Kier alpha value is -2.98. The minimum absolute atomic E-state index is 0.0394. The van der Waals surface area contributed by atoms with E-state index in [0.717, 1.165) is 15.4 Å². The lowest BCUT2D eigenvalue weighted by Gasteiger charge is -2.25. The Balaban J connectivity index is 1.48. The van der Waals surface area contributed by atoms with Crippen LogP contribution in [0.5, 0.6) is 0 Å². The Bertz CT molecular complexity index is 1350. The first-order valence-corrected chi connectivity index (χ1v) is 13.4. The summed E-state index contributed by atoms with van der Waals surface area (Å²) in [5, 5.41) is 12.6. The molecule has 2 N–H and O–H groups in total. The third-order valence-corrected chi connectivity index (χ3v) is 8.27. The van der Waals surface area contributed by atoms with E-state index in [-0.39, 0.29) is 34.3 Å². The molecule has 11 heteroatoms. The Kier molecular flexibility index (Phi) is 7.94. The Labute approximate surface area is 218 Å². The molecule has 1 aliphatic heterocycles. The zero-order valence-electron chi connectivity index (χ0n) is 19.0. The van der Waals surface area contributed by atoms with Crippen LogP contribution in [0.3, 0.4) is 0 Å². The first-order valence-electron chi connectivity index (χ1n) is 11.2. The van der Waals surface area contributed by atoms with E-state index in [9.17, 15) is 23.1 Å². The Morgan fingerprint density at radius 1 is 1.08 bits per heavy atom. The number of pyridine rings is 1. The molecule has 2 aromatic carbocycles. The van der Waals surface area contributed by atoms with Gasteiger partial charge in [-0.3, -0.25) is 9.78 Å². The van der Waals surface area contributed by atoms with Crippen molar-refractivity contribution in [3.8, 4) is 11.1 Å². The van der Waals surface area contributed by atoms with Crippen molar-refractivity contribution < 1.29 is 23.1 Å². The number of aromatic nitrogens is 1. The molecule has 1 aliphatic rings. The molecule has 1 fully saturated rings. The van der Waals surface area contributed by atoms with Crippen LogP contribution in [0, 0.1) is 0 Å². The molecule has 1 saturated heterocycles.